The molecule has 2 heterocycles. The second kappa shape index (κ2) is 9.26. The van der Waals surface area contributed by atoms with Gasteiger partial charge in [0.25, 0.3) is 5.91 Å². The van der Waals surface area contributed by atoms with Crippen molar-refractivity contribution in [2.45, 2.75) is 4.90 Å². The number of amides is 1. The van der Waals surface area contributed by atoms with E-state index in [9.17, 15) is 13.2 Å². The van der Waals surface area contributed by atoms with Crippen LogP contribution in [0, 0.1) is 0 Å². The van der Waals surface area contributed by atoms with Crippen molar-refractivity contribution in [3.8, 4) is 11.1 Å². The molecule has 0 aliphatic carbocycles. The standard InChI is InChI=1S/C25H22ClN5O3S/c26-22-7-5-20-14-23(8-6-19(20)13-22)35(33,34)31-11-9-30(10-12-31)24(32)18-3-1-17(2-4-18)21-15-28-25(27)29-16-21/h1-8,13-16H,9-12H2,(H2,27,28,29). The van der Waals surface area contributed by atoms with Gasteiger partial charge in [-0.25, -0.2) is 18.4 Å². The molecule has 2 N–H and O–H groups in total. The molecule has 8 nitrogen and oxygen atoms in total. The molecule has 1 amide bonds. The Morgan fingerprint density at radius 2 is 1.46 bits per heavy atom. The minimum absolute atomic E-state index is 0.135. The van der Waals surface area contributed by atoms with Crippen molar-refractivity contribution in [3.05, 3.63) is 83.6 Å². The van der Waals surface area contributed by atoms with Crippen molar-refractivity contribution in [1.29, 1.82) is 0 Å². The lowest BCUT2D eigenvalue weighted by Crippen LogP contribution is -2.50. The Morgan fingerprint density at radius 3 is 2.14 bits per heavy atom. The number of nitrogen functional groups attached to an aromatic ring is 1. The minimum atomic E-state index is -3.68. The number of nitrogens with zero attached hydrogens (tertiary/aromatic N) is 4. The molecular formula is C25H22ClN5O3S. The molecule has 1 aliphatic heterocycles. The monoisotopic (exact) mass is 507 g/mol. The molecule has 10 heteroatoms. The van der Waals surface area contributed by atoms with Crippen LogP contribution in [-0.2, 0) is 10.0 Å². The molecule has 178 valence electrons. The molecule has 5 rings (SSSR count). The Morgan fingerprint density at radius 1 is 0.829 bits per heavy atom. The number of carbonyl (C=O) groups is 1. The predicted octanol–water partition coefficient (Wildman–Crippen LogP) is 3.68. The number of carbonyl (C=O) groups excluding carboxylic acids is 1. The number of sulfonamides is 1. The van der Waals surface area contributed by atoms with E-state index in [0.717, 1.165) is 21.9 Å². The number of aromatic nitrogens is 2. The quantitative estimate of drug-likeness (QED) is 0.451. The summed E-state index contributed by atoms with van der Waals surface area (Å²) in [5.74, 6) is 0.0666. The van der Waals surface area contributed by atoms with Crippen LogP contribution < -0.4 is 5.73 Å². The van der Waals surface area contributed by atoms with E-state index in [2.05, 4.69) is 9.97 Å². The predicted molar refractivity (Wildman–Crippen MR) is 136 cm³/mol. The van der Waals surface area contributed by atoms with Crippen molar-refractivity contribution in [2.75, 3.05) is 31.9 Å². The van der Waals surface area contributed by atoms with Gasteiger partial charge < -0.3 is 10.6 Å². The zero-order valence-corrected chi connectivity index (χ0v) is 20.2. The highest BCUT2D eigenvalue weighted by Gasteiger charge is 2.30. The van der Waals surface area contributed by atoms with E-state index >= 15 is 0 Å². The second-order valence-corrected chi connectivity index (χ2v) is 10.6. The molecule has 0 atom stereocenters. The van der Waals surface area contributed by atoms with E-state index in [4.69, 9.17) is 17.3 Å². The van der Waals surface area contributed by atoms with Gasteiger partial charge in [0.15, 0.2) is 0 Å². The molecule has 1 aliphatic rings. The second-order valence-electron chi connectivity index (χ2n) is 8.26. The molecule has 1 aromatic heterocycles. The van der Waals surface area contributed by atoms with Crippen LogP contribution in [0.2, 0.25) is 5.02 Å². The maximum absolute atomic E-state index is 13.2. The topological polar surface area (TPSA) is 109 Å². The van der Waals surface area contributed by atoms with Gasteiger partial charge in [-0.15, -0.1) is 0 Å². The summed E-state index contributed by atoms with van der Waals surface area (Å²) in [7, 11) is -3.68. The molecule has 0 spiro atoms. The molecule has 4 aromatic rings. The molecule has 1 saturated heterocycles. The summed E-state index contributed by atoms with van der Waals surface area (Å²) in [6.07, 6.45) is 3.26. The summed E-state index contributed by atoms with van der Waals surface area (Å²) in [5, 5.41) is 2.28. The lowest BCUT2D eigenvalue weighted by Gasteiger charge is -2.34. The van der Waals surface area contributed by atoms with Crippen LogP contribution >= 0.6 is 11.6 Å². The zero-order valence-electron chi connectivity index (χ0n) is 18.6. The van der Waals surface area contributed by atoms with E-state index in [-0.39, 0.29) is 29.8 Å². The van der Waals surface area contributed by atoms with Gasteiger partial charge in [0.2, 0.25) is 16.0 Å². The number of benzene rings is 3. The maximum Gasteiger partial charge on any atom is 0.253 e. The van der Waals surface area contributed by atoms with Gasteiger partial charge in [-0.05, 0) is 52.7 Å². The third-order valence-corrected chi connectivity index (χ3v) is 8.20. The first-order valence-corrected chi connectivity index (χ1v) is 12.8. The van der Waals surface area contributed by atoms with Crippen LogP contribution in [0.1, 0.15) is 10.4 Å². The number of piperazine rings is 1. The third-order valence-electron chi connectivity index (χ3n) is 6.07. The molecule has 35 heavy (non-hydrogen) atoms. The lowest BCUT2D eigenvalue weighted by molar-refractivity contribution is 0.0698. The Labute approximate surface area is 208 Å². The largest absolute Gasteiger partial charge is 0.368 e. The highest BCUT2D eigenvalue weighted by atomic mass is 35.5. The van der Waals surface area contributed by atoms with E-state index in [1.54, 1.807) is 65.8 Å². The Balaban J connectivity index is 1.26. The van der Waals surface area contributed by atoms with Crippen molar-refractivity contribution < 1.29 is 13.2 Å². The van der Waals surface area contributed by atoms with Crippen molar-refractivity contribution in [1.82, 2.24) is 19.2 Å². The average Bonchev–Trinajstić information content (AvgIpc) is 2.88. The Hall–Kier alpha value is -3.53. The SMILES string of the molecule is Nc1ncc(-c2ccc(C(=O)N3CCN(S(=O)(=O)c4ccc5cc(Cl)ccc5c4)CC3)cc2)cn1. The normalized spacial score (nSPS) is 14.8. The van der Waals surface area contributed by atoms with Crippen LogP contribution in [0.25, 0.3) is 21.9 Å². The van der Waals surface area contributed by atoms with E-state index in [1.807, 2.05) is 12.1 Å². The molecule has 1 fully saturated rings. The molecule has 0 radical (unpaired) electrons. The fourth-order valence-electron chi connectivity index (χ4n) is 4.11. The summed E-state index contributed by atoms with van der Waals surface area (Å²) >= 11 is 6.03. The average molecular weight is 508 g/mol. The van der Waals surface area contributed by atoms with Gasteiger partial charge in [-0.3, -0.25) is 4.79 Å². The summed E-state index contributed by atoms with van der Waals surface area (Å²) in [5.41, 5.74) is 7.74. The van der Waals surface area contributed by atoms with Gasteiger partial charge in [0, 0.05) is 54.7 Å². The van der Waals surface area contributed by atoms with Crippen LogP contribution in [0.15, 0.2) is 78.0 Å². The van der Waals surface area contributed by atoms with Crippen LogP contribution in [0.4, 0.5) is 5.95 Å². The van der Waals surface area contributed by atoms with Crippen molar-refractivity contribution in [2.24, 2.45) is 0 Å². The number of rotatable bonds is 4. The van der Waals surface area contributed by atoms with Gasteiger partial charge in [0.1, 0.15) is 0 Å². The first-order valence-electron chi connectivity index (χ1n) is 11.0. The number of hydrogen-bond donors (Lipinski definition) is 1. The minimum Gasteiger partial charge on any atom is -0.368 e. The molecule has 0 unspecified atom stereocenters. The van der Waals surface area contributed by atoms with E-state index in [1.165, 1.54) is 4.31 Å². The third kappa shape index (κ3) is 4.70. The number of halogens is 1. The Bertz CT molecular complexity index is 1500. The zero-order chi connectivity index (χ0) is 24.6. The molecule has 0 bridgehead atoms. The van der Waals surface area contributed by atoms with Crippen LogP contribution in [0.5, 0.6) is 0 Å². The number of hydrogen-bond acceptors (Lipinski definition) is 6. The summed E-state index contributed by atoms with van der Waals surface area (Å²) in [6.45, 7) is 1.09. The lowest BCUT2D eigenvalue weighted by atomic mass is 10.1. The summed E-state index contributed by atoms with van der Waals surface area (Å²) in [4.78, 5) is 22.9. The van der Waals surface area contributed by atoms with Crippen molar-refractivity contribution in [3.63, 3.8) is 0 Å². The number of anilines is 1. The van der Waals surface area contributed by atoms with Gasteiger partial charge in [0.05, 0.1) is 4.90 Å². The number of nitrogens with two attached hydrogens (primary N) is 1. The summed E-state index contributed by atoms with van der Waals surface area (Å²) < 4.78 is 27.9. The van der Waals surface area contributed by atoms with Crippen LogP contribution in [-0.4, -0.2) is 59.7 Å². The molecule has 0 saturated carbocycles. The molecular weight excluding hydrogens is 486 g/mol. The maximum atomic E-state index is 13.2. The fourth-order valence-corrected chi connectivity index (χ4v) is 5.75. The van der Waals surface area contributed by atoms with Crippen molar-refractivity contribution >= 4 is 44.3 Å². The first kappa shape index (κ1) is 23.2. The summed E-state index contributed by atoms with van der Waals surface area (Å²) in [6, 6.07) is 17.5. The van der Waals surface area contributed by atoms with Gasteiger partial charge >= 0.3 is 0 Å². The molecule has 3 aromatic carbocycles. The Kier molecular flexibility index (Phi) is 6.14. The van der Waals surface area contributed by atoms with Gasteiger partial charge in [-0.1, -0.05) is 35.9 Å². The van der Waals surface area contributed by atoms with Gasteiger partial charge in [-0.2, -0.15) is 4.31 Å². The smallest absolute Gasteiger partial charge is 0.253 e. The van der Waals surface area contributed by atoms with E-state index < -0.39 is 10.0 Å². The van der Waals surface area contributed by atoms with Crippen LogP contribution in [0.3, 0.4) is 0 Å². The van der Waals surface area contributed by atoms with E-state index in [0.29, 0.717) is 23.7 Å². The first-order chi connectivity index (χ1) is 16.8. The highest BCUT2D eigenvalue weighted by molar-refractivity contribution is 7.89. The fraction of sp³-hybridized carbons (Fsp3) is 0.160. The number of fused-ring (bicyclic) bond motifs is 1. The highest BCUT2D eigenvalue weighted by Crippen LogP contribution is 2.25.